The van der Waals surface area contributed by atoms with Gasteiger partial charge in [-0.15, -0.1) is 0 Å². The molecule has 2 fully saturated rings. The molecule has 1 aromatic rings. The first kappa shape index (κ1) is 19.7. The predicted octanol–water partition coefficient (Wildman–Crippen LogP) is 1.43. The van der Waals surface area contributed by atoms with Crippen LogP contribution in [0.2, 0.25) is 0 Å². The number of carbonyl (C=O) groups is 1. The van der Waals surface area contributed by atoms with Gasteiger partial charge >= 0.3 is 6.09 Å². The van der Waals surface area contributed by atoms with Crippen LogP contribution in [-0.4, -0.2) is 69.7 Å². The number of benzene rings is 1. The largest absolute Gasteiger partial charge is 0.442 e. The molecule has 2 saturated heterocycles. The van der Waals surface area contributed by atoms with Crippen molar-refractivity contribution in [2.45, 2.75) is 12.5 Å². The molecule has 1 N–H and O–H groups in total. The molecule has 1 unspecified atom stereocenters. The van der Waals surface area contributed by atoms with Crippen molar-refractivity contribution in [3.05, 3.63) is 24.3 Å². The number of ether oxygens (including phenoxy) is 1. The van der Waals surface area contributed by atoms with Gasteiger partial charge in [0.25, 0.3) is 6.43 Å². The highest BCUT2D eigenvalue weighted by Crippen LogP contribution is 2.25. The van der Waals surface area contributed by atoms with E-state index >= 15 is 0 Å². The van der Waals surface area contributed by atoms with E-state index in [1.165, 1.54) is 4.90 Å². The summed E-state index contributed by atoms with van der Waals surface area (Å²) < 4.78 is 53.0. The van der Waals surface area contributed by atoms with Crippen molar-refractivity contribution in [3.8, 4) is 0 Å². The van der Waals surface area contributed by atoms with Crippen LogP contribution in [0, 0.1) is 0 Å². The summed E-state index contributed by atoms with van der Waals surface area (Å²) in [6.45, 7) is 1.11. The summed E-state index contributed by atoms with van der Waals surface area (Å²) in [5.74, 6) is 0.255. The Hall–Kier alpha value is -2.01. The van der Waals surface area contributed by atoms with Crippen LogP contribution in [0.1, 0.15) is 0 Å². The maximum atomic E-state index is 12.4. The van der Waals surface area contributed by atoms with Crippen LogP contribution < -0.4 is 15.1 Å². The number of anilines is 2. The van der Waals surface area contributed by atoms with Crippen LogP contribution >= 0.6 is 12.2 Å². The maximum Gasteiger partial charge on any atom is 0.414 e. The standard InChI is InChI=1S/C16H19F2N3O4S2/c17-14(18)15(26)19-9-13-10-21(16(22)25-13)12-3-1-11(2-4-12)20-5-7-27(23,24)8-6-20/h1-4,13-14H,5-10H2,(H,19,26). The predicted molar refractivity (Wildman–Crippen MR) is 102 cm³/mol. The summed E-state index contributed by atoms with van der Waals surface area (Å²) in [4.78, 5) is 14.9. The molecule has 2 heterocycles. The molecule has 0 radical (unpaired) electrons. The zero-order chi connectivity index (χ0) is 19.6. The Labute approximate surface area is 161 Å². The molecule has 1 amide bonds. The molecule has 7 nitrogen and oxygen atoms in total. The fourth-order valence-electron chi connectivity index (χ4n) is 2.94. The van der Waals surface area contributed by atoms with Gasteiger partial charge in [0, 0.05) is 24.5 Å². The smallest absolute Gasteiger partial charge is 0.414 e. The lowest BCUT2D eigenvalue weighted by atomic mass is 10.2. The first-order chi connectivity index (χ1) is 12.7. The Balaban J connectivity index is 1.58. The lowest BCUT2D eigenvalue weighted by Crippen LogP contribution is -2.40. The second-order valence-corrected chi connectivity index (χ2v) is 9.06. The molecule has 0 saturated carbocycles. The highest BCUT2D eigenvalue weighted by Gasteiger charge is 2.32. The number of halogens is 2. The van der Waals surface area contributed by atoms with E-state index < -0.39 is 33.4 Å². The Kier molecular flexibility index (Phi) is 5.80. The summed E-state index contributed by atoms with van der Waals surface area (Å²) in [7, 11) is -2.95. The van der Waals surface area contributed by atoms with Crippen molar-refractivity contribution < 1.29 is 26.7 Å². The molecule has 0 aliphatic carbocycles. The fraction of sp³-hybridized carbons (Fsp3) is 0.500. The molecule has 1 atom stereocenters. The van der Waals surface area contributed by atoms with E-state index in [1.54, 1.807) is 12.1 Å². The molecular weight excluding hydrogens is 400 g/mol. The molecule has 148 valence electrons. The lowest BCUT2D eigenvalue weighted by molar-refractivity contribution is 0.142. The van der Waals surface area contributed by atoms with E-state index in [0.717, 1.165) is 5.69 Å². The van der Waals surface area contributed by atoms with E-state index in [9.17, 15) is 22.0 Å². The second kappa shape index (κ2) is 7.93. The number of amides is 1. The average molecular weight is 419 g/mol. The van der Waals surface area contributed by atoms with Gasteiger partial charge in [0.05, 0.1) is 24.6 Å². The van der Waals surface area contributed by atoms with Gasteiger partial charge in [0.1, 0.15) is 11.1 Å². The minimum Gasteiger partial charge on any atom is -0.442 e. The van der Waals surface area contributed by atoms with E-state index in [2.05, 4.69) is 17.5 Å². The summed E-state index contributed by atoms with van der Waals surface area (Å²) in [5, 5.41) is 2.40. The third-order valence-corrected chi connectivity index (χ3v) is 6.38. The third kappa shape index (κ3) is 4.83. The molecule has 1 aromatic carbocycles. The van der Waals surface area contributed by atoms with Crippen molar-refractivity contribution in [2.75, 3.05) is 47.5 Å². The molecule has 11 heteroatoms. The van der Waals surface area contributed by atoms with Crippen molar-refractivity contribution in [1.82, 2.24) is 5.32 Å². The number of alkyl halides is 2. The molecule has 2 aliphatic rings. The Morgan fingerprint density at radius 1 is 1.22 bits per heavy atom. The van der Waals surface area contributed by atoms with Gasteiger partial charge in [-0.3, -0.25) is 4.90 Å². The number of hydrogen-bond donors (Lipinski definition) is 1. The first-order valence-corrected chi connectivity index (χ1v) is 10.6. The molecule has 2 aliphatic heterocycles. The highest BCUT2D eigenvalue weighted by molar-refractivity contribution is 7.91. The summed E-state index contributed by atoms with van der Waals surface area (Å²) in [6, 6.07) is 7.13. The minimum absolute atomic E-state index is 0.0196. The van der Waals surface area contributed by atoms with Crippen LogP contribution in [0.25, 0.3) is 0 Å². The molecule has 0 bridgehead atoms. The van der Waals surface area contributed by atoms with Crippen LogP contribution in [0.15, 0.2) is 24.3 Å². The van der Waals surface area contributed by atoms with Crippen LogP contribution in [-0.2, 0) is 14.6 Å². The molecule has 0 aromatic heterocycles. The van der Waals surface area contributed by atoms with Gasteiger partial charge in [0.15, 0.2) is 9.84 Å². The maximum absolute atomic E-state index is 12.4. The number of hydrogen-bond acceptors (Lipinski definition) is 6. The first-order valence-electron chi connectivity index (χ1n) is 8.34. The van der Waals surface area contributed by atoms with Crippen molar-refractivity contribution in [2.24, 2.45) is 0 Å². The zero-order valence-corrected chi connectivity index (χ0v) is 15.9. The second-order valence-electron chi connectivity index (χ2n) is 6.32. The molecule has 0 spiro atoms. The van der Waals surface area contributed by atoms with Gasteiger partial charge in [0.2, 0.25) is 0 Å². The monoisotopic (exact) mass is 419 g/mol. The Morgan fingerprint density at radius 3 is 2.41 bits per heavy atom. The van der Waals surface area contributed by atoms with Crippen LogP contribution in [0.4, 0.5) is 25.0 Å². The van der Waals surface area contributed by atoms with Crippen molar-refractivity contribution >= 4 is 44.5 Å². The van der Waals surface area contributed by atoms with Gasteiger partial charge in [-0.25, -0.2) is 22.0 Å². The SMILES string of the molecule is O=C1OC(CNC(=S)C(F)F)CN1c1ccc(N2CCS(=O)(=O)CC2)cc1. The number of carbonyl (C=O) groups excluding carboxylic acids is 1. The topological polar surface area (TPSA) is 79.0 Å². The zero-order valence-electron chi connectivity index (χ0n) is 14.3. The Morgan fingerprint density at radius 2 is 1.81 bits per heavy atom. The van der Waals surface area contributed by atoms with E-state index in [4.69, 9.17) is 4.74 Å². The summed E-state index contributed by atoms with van der Waals surface area (Å²) >= 11 is 4.50. The lowest BCUT2D eigenvalue weighted by Gasteiger charge is -2.29. The van der Waals surface area contributed by atoms with E-state index in [0.29, 0.717) is 18.8 Å². The fourth-order valence-corrected chi connectivity index (χ4v) is 4.23. The number of rotatable bonds is 5. The minimum atomic E-state index is -2.95. The van der Waals surface area contributed by atoms with Gasteiger partial charge < -0.3 is 15.0 Å². The number of sulfone groups is 1. The Bertz CT molecular complexity index is 803. The number of thiocarbonyl (C=S) groups is 1. The van der Waals surface area contributed by atoms with Crippen LogP contribution in [0.3, 0.4) is 0 Å². The molecular formula is C16H19F2N3O4S2. The van der Waals surface area contributed by atoms with Gasteiger partial charge in [-0.2, -0.15) is 0 Å². The van der Waals surface area contributed by atoms with Crippen molar-refractivity contribution in [1.29, 1.82) is 0 Å². The van der Waals surface area contributed by atoms with Crippen LogP contribution in [0.5, 0.6) is 0 Å². The number of cyclic esters (lactones) is 1. The van der Waals surface area contributed by atoms with Crippen molar-refractivity contribution in [3.63, 3.8) is 0 Å². The summed E-state index contributed by atoms with van der Waals surface area (Å²) in [6.07, 6.45) is -3.88. The number of nitrogens with one attached hydrogen (secondary N) is 1. The number of nitrogens with zero attached hydrogens (tertiary/aromatic N) is 2. The highest BCUT2D eigenvalue weighted by atomic mass is 32.2. The molecule has 27 heavy (non-hydrogen) atoms. The van der Waals surface area contributed by atoms with E-state index in [-0.39, 0.29) is 24.6 Å². The molecule has 3 rings (SSSR count). The van der Waals surface area contributed by atoms with E-state index in [1.807, 2.05) is 17.0 Å². The quantitative estimate of drug-likeness (QED) is 0.724. The van der Waals surface area contributed by atoms with Gasteiger partial charge in [-0.1, -0.05) is 12.2 Å². The summed E-state index contributed by atoms with van der Waals surface area (Å²) in [5.41, 5.74) is 1.49. The normalized spacial score (nSPS) is 22.0. The van der Waals surface area contributed by atoms with Gasteiger partial charge in [-0.05, 0) is 24.3 Å². The third-order valence-electron chi connectivity index (χ3n) is 4.45. The average Bonchev–Trinajstić information content (AvgIpc) is 3.00.